The van der Waals surface area contributed by atoms with Crippen LogP contribution in [0.15, 0.2) is 18.2 Å². The molecule has 1 rings (SSSR count). The molecule has 0 bridgehead atoms. The van der Waals surface area contributed by atoms with E-state index >= 15 is 0 Å². The minimum absolute atomic E-state index is 0.128. The summed E-state index contributed by atoms with van der Waals surface area (Å²) in [5.74, 6) is 0.128. The van der Waals surface area contributed by atoms with Crippen molar-refractivity contribution in [3.05, 3.63) is 29.3 Å². The van der Waals surface area contributed by atoms with Crippen molar-refractivity contribution in [2.75, 3.05) is 18.5 Å². The summed E-state index contributed by atoms with van der Waals surface area (Å²) < 4.78 is 0. The maximum absolute atomic E-state index is 7.36. The van der Waals surface area contributed by atoms with Crippen LogP contribution in [0.1, 0.15) is 24.5 Å². The van der Waals surface area contributed by atoms with Crippen molar-refractivity contribution in [2.45, 2.75) is 20.3 Å². The minimum Gasteiger partial charge on any atom is -0.384 e. The smallest absolute Gasteiger partial charge is 0.122 e. The van der Waals surface area contributed by atoms with E-state index < -0.39 is 0 Å². The third-order valence-electron chi connectivity index (χ3n) is 2.48. The third-order valence-corrected chi connectivity index (χ3v) is 2.48. The lowest BCUT2D eigenvalue weighted by Gasteiger charge is -2.21. The van der Waals surface area contributed by atoms with Crippen molar-refractivity contribution in [3.8, 4) is 0 Å². The largest absolute Gasteiger partial charge is 0.384 e. The summed E-state index contributed by atoms with van der Waals surface area (Å²) in [5, 5.41) is 7.36. The zero-order valence-electron chi connectivity index (χ0n) is 9.67. The molecule has 0 aliphatic rings. The van der Waals surface area contributed by atoms with Gasteiger partial charge < -0.3 is 10.6 Å². The molecule has 0 radical (unpaired) electrons. The van der Waals surface area contributed by atoms with Gasteiger partial charge in [-0.1, -0.05) is 6.92 Å². The number of nitrogens with one attached hydrogen (secondary N) is 1. The van der Waals surface area contributed by atoms with Crippen LogP contribution in [0.2, 0.25) is 0 Å². The quantitative estimate of drug-likeness (QED) is 0.584. The number of benzene rings is 1. The summed E-state index contributed by atoms with van der Waals surface area (Å²) in [6.45, 7) is 5.25. The number of hydrogen-bond acceptors (Lipinski definition) is 2. The summed E-state index contributed by atoms with van der Waals surface area (Å²) >= 11 is 0. The third kappa shape index (κ3) is 2.72. The average Bonchev–Trinajstić information content (AvgIpc) is 2.17. The van der Waals surface area contributed by atoms with Crippen LogP contribution < -0.4 is 10.6 Å². The van der Waals surface area contributed by atoms with Gasteiger partial charge in [-0.15, -0.1) is 0 Å². The molecule has 0 aromatic heterocycles. The van der Waals surface area contributed by atoms with Gasteiger partial charge >= 0.3 is 0 Å². The van der Waals surface area contributed by atoms with Gasteiger partial charge in [0.2, 0.25) is 0 Å². The van der Waals surface area contributed by atoms with Crippen molar-refractivity contribution >= 4 is 11.5 Å². The fraction of sp³-hybridized carbons (Fsp3) is 0.417. The Morgan fingerprint density at radius 2 is 2.13 bits per heavy atom. The molecule has 0 aliphatic carbocycles. The van der Waals surface area contributed by atoms with Crippen LogP contribution in [-0.2, 0) is 0 Å². The van der Waals surface area contributed by atoms with E-state index in [0.717, 1.165) is 18.5 Å². The Balaban J connectivity index is 2.97. The fourth-order valence-corrected chi connectivity index (χ4v) is 1.71. The van der Waals surface area contributed by atoms with Gasteiger partial charge in [0.25, 0.3) is 0 Å². The molecule has 0 atom stereocenters. The Hall–Kier alpha value is -1.51. The number of anilines is 1. The summed E-state index contributed by atoms with van der Waals surface area (Å²) in [5.41, 5.74) is 8.61. The van der Waals surface area contributed by atoms with Crippen LogP contribution in [0.5, 0.6) is 0 Å². The SMILES string of the molecule is CCCN(C)c1ccc(C(=N)N)cc1C. The van der Waals surface area contributed by atoms with Gasteiger partial charge in [0.1, 0.15) is 5.84 Å². The molecule has 15 heavy (non-hydrogen) atoms. The highest BCUT2D eigenvalue weighted by atomic mass is 15.1. The second-order valence-electron chi connectivity index (χ2n) is 3.84. The van der Waals surface area contributed by atoms with Gasteiger partial charge in [-0.2, -0.15) is 0 Å². The highest BCUT2D eigenvalue weighted by Crippen LogP contribution is 2.20. The predicted octanol–water partition coefficient (Wildman–Crippen LogP) is 2.13. The van der Waals surface area contributed by atoms with Gasteiger partial charge in [-0.05, 0) is 37.1 Å². The molecule has 1 aromatic rings. The molecule has 3 nitrogen and oxygen atoms in total. The second-order valence-corrected chi connectivity index (χ2v) is 3.84. The number of hydrogen-bond donors (Lipinski definition) is 2. The number of aryl methyl sites for hydroxylation is 1. The van der Waals surface area contributed by atoms with Gasteiger partial charge in [-0.25, -0.2) is 0 Å². The molecule has 3 heteroatoms. The molecule has 3 N–H and O–H groups in total. The van der Waals surface area contributed by atoms with Gasteiger partial charge in [-0.3, -0.25) is 5.41 Å². The fourth-order valence-electron chi connectivity index (χ4n) is 1.71. The first-order valence-corrected chi connectivity index (χ1v) is 5.22. The molecule has 0 unspecified atom stereocenters. The van der Waals surface area contributed by atoms with Crippen LogP contribution in [0.3, 0.4) is 0 Å². The van der Waals surface area contributed by atoms with Crippen LogP contribution >= 0.6 is 0 Å². The first-order chi connectivity index (χ1) is 7.06. The summed E-state index contributed by atoms with van der Waals surface area (Å²) in [4.78, 5) is 2.22. The van der Waals surface area contributed by atoms with E-state index in [-0.39, 0.29) is 5.84 Å². The molecule has 82 valence electrons. The van der Waals surface area contributed by atoms with Crippen molar-refractivity contribution in [1.29, 1.82) is 5.41 Å². The minimum atomic E-state index is 0.128. The van der Waals surface area contributed by atoms with E-state index in [1.165, 1.54) is 11.3 Å². The van der Waals surface area contributed by atoms with Crippen molar-refractivity contribution in [3.63, 3.8) is 0 Å². The highest BCUT2D eigenvalue weighted by Gasteiger charge is 2.05. The Morgan fingerprint density at radius 1 is 1.47 bits per heavy atom. The monoisotopic (exact) mass is 205 g/mol. The molecular formula is C12H19N3. The first-order valence-electron chi connectivity index (χ1n) is 5.22. The zero-order chi connectivity index (χ0) is 11.4. The van der Waals surface area contributed by atoms with Crippen molar-refractivity contribution in [2.24, 2.45) is 5.73 Å². The van der Waals surface area contributed by atoms with Crippen LogP contribution in [0.4, 0.5) is 5.69 Å². The second kappa shape index (κ2) is 4.82. The van der Waals surface area contributed by atoms with Gasteiger partial charge in [0.05, 0.1) is 0 Å². The van der Waals surface area contributed by atoms with E-state index in [2.05, 4.69) is 18.9 Å². The lowest BCUT2D eigenvalue weighted by Crippen LogP contribution is -2.19. The summed E-state index contributed by atoms with van der Waals surface area (Å²) in [7, 11) is 2.08. The maximum Gasteiger partial charge on any atom is 0.122 e. The number of nitrogens with two attached hydrogens (primary N) is 1. The zero-order valence-corrected chi connectivity index (χ0v) is 9.67. The summed E-state index contributed by atoms with van der Waals surface area (Å²) in [6.07, 6.45) is 1.13. The topological polar surface area (TPSA) is 53.1 Å². The molecule has 0 saturated heterocycles. The lowest BCUT2D eigenvalue weighted by atomic mass is 10.1. The Labute approximate surface area is 91.4 Å². The molecular weight excluding hydrogens is 186 g/mol. The molecule has 0 amide bonds. The number of nitrogens with zero attached hydrogens (tertiary/aromatic N) is 1. The predicted molar refractivity (Wildman–Crippen MR) is 65.8 cm³/mol. The molecule has 0 aliphatic heterocycles. The number of rotatable bonds is 4. The lowest BCUT2D eigenvalue weighted by molar-refractivity contribution is 0.849. The normalized spacial score (nSPS) is 10.1. The van der Waals surface area contributed by atoms with Crippen LogP contribution in [0, 0.1) is 12.3 Å². The molecule has 0 spiro atoms. The van der Waals surface area contributed by atoms with Crippen LogP contribution in [0.25, 0.3) is 0 Å². The van der Waals surface area contributed by atoms with Gasteiger partial charge in [0.15, 0.2) is 0 Å². The van der Waals surface area contributed by atoms with Crippen LogP contribution in [-0.4, -0.2) is 19.4 Å². The van der Waals surface area contributed by atoms with E-state index in [4.69, 9.17) is 11.1 Å². The number of nitrogen functional groups attached to an aromatic ring is 1. The van der Waals surface area contributed by atoms with E-state index in [1.807, 2.05) is 25.1 Å². The standard InChI is InChI=1S/C12H19N3/c1-4-7-15(3)11-6-5-10(12(13)14)8-9(11)2/h5-6,8H,4,7H2,1-3H3,(H3,13,14). The van der Waals surface area contributed by atoms with E-state index in [9.17, 15) is 0 Å². The molecule has 1 aromatic carbocycles. The maximum atomic E-state index is 7.36. The van der Waals surface area contributed by atoms with Crippen molar-refractivity contribution < 1.29 is 0 Å². The summed E-state index contributed by atoms with van der Waals surface area (Å²) in [6, 6.07) is 5.89. The van der Waals surface area contributed by atoms with E-state index in [1.54, 1.807) is 0 Å². The average molecular weight is 205 g/mol. The first kappa shape index (κ1) is 11.6. The Bertz CT molecular complexity index is 358. The van der Waals surface area contributed by atoms with E-state index in [0.29, 0.717) is 0 Å². The van der Waals surface area contributed by atoms with Gasteiger partial charge in [0, 0.05) is 24.8 Å². The molecule has 0 fully saturated rings. The number of amidine groups is 1. The highest BCUT2D eigenvalue weighted by molar-refractivity contribution is 5.95. The molecule has 0 saturated carbocycles. The Kier molecular flexibility index (Phi) is 3.72. The molecule has 0 heterocycles. The van der Waals surface area contributed by atoms with Crippen molar-refractivity contribution in [1.82, 2.24) is 0 Å². The Morgan fingerprint density at radius 3 is 2.60 bits per heavy atom.